The molecule has 1 aromatic heterocycles. The van der Waals surface area contributed by atoms with E-state index < -0.39 is 11.6 Å². The van der Waals surface area contributed by atoms with E-state index >= 15 is 0 Å². The van der Waals surface area contributed by atoms with E-state index in [0.29, 0.717) is 25.6 Å². The van der Waals surface area contributed by atoms with Crippen LogP contribution in [0.1, 0.15) is 20.3 Å². The highest BCUT2D eigenvalue weighted by atomic mass is 16.5. The van der Waals surface area contributed by atoms with E-state index in [-0.39, 0.29) is 6.61 Å². The predicted molar refractivity (Wildman–Crippen MR) is 72.0 cm³/mol. The maximum absolute atomic E-state index is 10.5. The van der Waals surface area contributed by atoms with E-state index in [2.05, 4.69) is 9.97 Å². The van der Waals surface area contributed by atoms with Crippen molar-refractivity contribution in [3.63, 3.8) is 0 Å². The van der Waals surface area contributed by atoms with Crippen molar-refractivity contribution in [2.24, 2.45) is 0 Å². The molecule has 0 spiro atoms. The summed E-state index contributed by atoms with van der Waals surface area (Å²) in [5, 5.41) is 8.62. The molecule has 1 N–H and O–H groups in total. The van der Waals surface area contributed by atoms with E-state index in [0.717, 1.165) is 12.2 Å². The lowest BCUT2D eigenvalue weighted by Crippen LogP contribution is -2.62. The van der Waals surface area contributed by atoms with Crippen LogP contribution in [0.2, 0.25) is 0 Å². The van der Waals surface area contributed by atoms with Gasteiger partial charge in [-0.2, -0.15) is 4.98 Å². The molecule has 20 heavy (non-hydrogen) atoms. The molecular weight excluding hydrogens is 262 g/mol. The fourth-order valence-corrected chi connectivity index (χ4v) is 2.02. The Labute approximate surface area is 117 Å². The Morgan fingerprint density at radius 2 is 2.25 bits per heavy atom. The molecule has 2 heterocycles. The highest BCUT2D eigenvalue weighted by molar-refractivity contribution is 5.68. The van der Waals surface area contributed by atoms with Gasteiger partial charge < -0.3 is 19.5 Å². The largest absolute Gasteiger partial charge is 0.480 e. The smallest absolute Gasteiger partial charge is 0.329 e. The van der Waals surface area contributed by atoms with Crippen molar-refractivity contribution in [2.75, 3.05) is 31.2 Å². The normalized spacial score (nSPS) is 16.6. The second-order valence-corrected chi connectivity index (χ2v) is 5.05. The maximum Gasteiger partial charge on any atom is 0.329 e. The first kappa shape index (κ1) is 14.5. The van der Waals surface area contributed by atoms with Crippen LogP contribution in [-0.4, -0.2) is 52.9 Å². The maximum atomic E-state index is 10.5. The van der Waals surface area contributed by atoms with Gasteiger partial charge in [-0.15, -0.1) is 0 Å². The molecule has 110 valence electrons. The average molecular weight is 281 g/mol. The molecule has 7 heteroatoms. The fraction of sp³-hybridized carbons (Fsp3) is 0.615. The lowest BCUT2D eigenvalue weighted by molar-refractivity contribution is -0.150. The van der Waals surface area contributed by atoms with Crippen LogP contribution in [0, 0.1) is 0 Å². The van der Waals surface area contributed by atoms with Gasteiger partial charge in [0.15, 0.2) is 5.82 Å². The number of hydrogen-bond acceptors (Lipinski definition) is 6. The number of ether oxygens (including phenoxy) is 2. The summed E-state index contributed by atoms with van der Waals surface area (Å²) >= 11 is 0. The summed E-state index contributed by atoms with van der Waals surface area (Å²) in [6.07, 6.45) is 4.16. The Hall–Kier alpha value is -1.89. The molecular formula is C13H19N3O4. The lowest BCUT2D eigenvalue weighted by Gasteiger charge is -2.47. The van der Waals surface area contributed by atoms with Crippen molar-refractivity contribution in [3.8, 4) is 5.88 Å². The minimum atomic E-state index is -0.959. The Kier molecular flexibility index (Phi) is 4.39. The number of rotatable bonds is 7. The summed E-state index contributed by atoms with van der Waals surface area (Å²) in [6.45, 7) is 5.42. The van der Waals surface area contributed by atoms with Gasteiger partial charge >= 0.3 is 5.97 Å². The van der Waals surface area contributed by atoms with Gasteiger partial charge in [0, 0.05) is 0 Å². The van der Waals surface area contributed by atoms with Gasteiger partial charge in [-0.25, -0.2) is 4.79 Å². The van der Waals surface area contributed by atoms with Crippen molar-refractivity contribution in [1.29, 1.82) is 0 Å². The van der Waals surface area contributed by atoms with Crippen molar-refractivity contribution >= 4 is 11.8 Å². The van der Waals surface area contributed by atoms with E-state index in [1.54, 1.807) is 12.4 Å². The van der Waals surface area contributed by atoms with Crippen molar-refractivity contribution in [2.45, 2.75) is 25.9 Å². The first-order valence-electron chi connectivity index (χ1n) is 6.58. The van der Waals surface area contributed by atoms with Crippen LogP contribution in [0.25, 0.3) is 0 Å². The van der Waals surface area contributed by atoms with Crippen molar-refractivity contribution < 1.29 is 19.4 Å². The zero-order chi connectivity index (χ0) is 14.6. The number of carboxylic acid groups (broad SMARTS) is 1. The Balaban J connectivity index is 1.90. The number of aromatic nitrogens is 2. The summed E-state index contributed by atoms with van der Waals surface area (Å²) in [6, 6.07) is 0. The highest BCUT2D eigenvalue weighted by Gasteiger charge is 2.41. The molecule has 0 unspecified atom stereocenters. The van der Waals surface area contributed by atoms with Crippen LogP contribution < -0.4 is 9.64 Å². The minimum Gasteiger partial charge on any atom is -0.480 e. The first-order valence-corrected chi connectivity index (χ1v) is 6.58. The van der Waals surface area contributed by atoms with Gasteiger partial charge in [0.05, 0.1) is 32.1 Å². The second kappa shape index (κ2) is 6.04. The van der Waals surface area contributed by atoms with Gasteiger partial charge in [0.2, 0.25) is 5.88 Å². The number of carbonyl (C=O) groups is 1. The molecule has 1 fully saturated rings. The van der Waals surface area contributed by atoms with E-state index in [1.807, 2.05) is 18.7 Å². The minimum absolute atomic E-state index is 0.282. The van der Waals surface area contributed by atoms with Crippen LogP contribution >= 0.6 is 0 Å². The fourth-order valence-electron chi connectivity index (χ4n) is 2.02. The molecule has 0 radical (unpaired) electrons. The topological polar surface area (TPSA) is 84.8 Å². The number of nitrogens with zero attached hydrogens (tertiary/aromatic N) is 3. The monoisotopic (exact) mass is 281 g/mol. The molecule has 1 saturated heterocycles. The van der Waals surface area contributed by atoms with Crippen LogP contribution in [0.3, 0.4) is 0 Å². The van der Waals surface area contributed by atoms with Crippen molar-refractivity contribution in [3.05, 3.63) is 12.4 Å². The SMILES string of the molecule is CCCOc1cncc(N2CC(C)(OCC(=O)O)C2)n1. The van der Waals surface area contributed by atoms with Crippen LogP contribution in [0.4, 0.5) is 5.82 Å². The molecule has 0 amide bonds. The molecule has 1 aliphatic rings. The molecule has 0 saturated carbocycles. The van der Waals surface area contributed by atoms with Gasteiger partial charge in [0.25, 0.3) is 0 Å². The standard InChI is InChI=1S/C13H19N3O4/c1-3-4-19-11-6-14-5-10(15-11)16-8-13(2,9-16)20-7-12(17)18/h5-6H,3-4,7-9H2,1-2H3,(H,17,18). The summed E-state index contributed by atoms with van der Waals surface area (Å²) in [7, 11) is 0. The predicted octanol–water partition coefficient (Wildman–Crippen LogP) is 0.945. The number of aliphatic carboxylic acids is 1. The molecule has 0 aromatic carbocycles. The van der Waals surface area contributed by atoms with Crippen molar-refractivity contribution in [1.82, 2.24) is 9.97 Å². The van der Waals surface area contributed by atoms with E-state index in [9.17, 15) is 4.79 Å². The van der Waals surface area contributed by atoms with Gasteiger partial charge in [-0.3, -0.25) is 4.98 Å². The number of carboxylic acids is 1. The quantitative estimate of drug-likeness (QED) is 0.796. The third-order valence-corrected chi connectivity index (χ3v) is 2.97. The molecule has 0 aliphatic carbocycles. The summed E-state index contributed by atoms with van der Waals surface area (Å²) in [4.78, 5) is 20.9. The zero-order valence-corrected chi connectivity index (χ0v) is 11.7. The van der Waals surface area contributed by atoms with Crippen LogP contribution in [0.15, 0.2) is 12.4 Å². The Morgan fingerprint density at radius 3 is 2.90 bits per heavy atom. The first-order chi connectivity index (χ1) is 9.52. The molecule has 1 aliphatic heterocycles. The zero-order valence-electron chi connectivity index (χ0n) is 11.7. The summed E-state index contributed by atoms with van der Waals surface area (Å²) in [5.74, 6) is 0.263. The molecule has 0 atom stereocenters. The molecule has 0 bridgehead atoms. The third kappa shape index (κ3) is 3.57. The Bertz CT molecular complexity index is 474. The Morgan fingerprint density at radius 1 is 1.50 bits per heavy atom. The molecule has 7 nitrogen and oxygen atoms in total. The molecule has 1 aromatic rings. The van der Waals surface area contributed by atoms with Gasteiger partial charge in [-0.05, 0) is 13.3 Å². The third-order valence-electron chi connectivity index (χ3n) is 2.97. The number of anilines is 1. The van der Waals surface area contributed by atoms with Gasteiger partial charge in [0.1, 0.15) is 12.2 Å². The van der Waals surface area contributed by atoms with Crippen LogP contribution in [-0.2, 0) is 9.53 Å². The lowest BCUT2D eigenvalue weighted by atomic mass is 9.96. The molecule has 2 rings (SSSR count). The van der Waals surface area contributed by atoms with Crippen LogP contribution in [0.5, 0.6) is 5.88 Å². The van der Waals surface area contributed by atoms with E-state index in [4.69, 9.17) is 14.6 Å². The number of hydrogen-bond donors (Lipinski definition) is 1. The second-order valence-electron chi connectivity index (χ2n) is 5.05. The highest BCUT2D eigenvalue weighted by Crippen LogP contribution is 2.29. The summed E-state index contributed by atoms with van der Waals surface area (Å²) in [5.41, 5.74) is -0.444. The summed E-state index contributed by atoms with van der Waals surface area (Å²) < 4.78 is 10.8. The van der Waals surface area contributed by atoms with Gasteiger partial charge in [-0.1, -0.05) is 6.92 Å². The average Bonchev–Trinajstić information content (AvgIpc) is 2.40. The van der Waals surface area contributed by atoms with E-state index in [1.165, 1.54) is 0 Å².